The molecule has 3 saturated carbocycles. The third-order valence-electron chi connectivity index (χ3n) is 11.7. The Balaban J connectivity index is 1.41. The van der Waals surface area contributed by atoms with Crippen LogP contribution < -0.4 is 0 Å². The van der Waals surface area contributed by atoms with Crippen molar-refractivity contribution in [3.05, 3.63) is 11.6 Å². The summed E-state index contributed by atoms with van der Waals surface area (Å²) in [5.74, 6) is 7.08. The molecular formula is C31H54O. The lowest BCUT2D eigenvalue weighted by molar-refractivity contribution is -0.0573. The largest absolute Gasteiger partial charge is 0.393 e. The van der Waals surface area contributed by atoms with Crippen molar-refractivity contribution >= 4 is 0 Å². The molecule has 8 atom stereocenters. The number of hydrogen-bond donors (Lipinski definition) is 1. The maximum atomic E-state index is 10.3. The summed E-state index contributed by atoms with van der Waals surface area (Å²) in [6.45, 7) is 17.6. The number of rotatable bonds is 7. The first-order valence-corrected chi connectivity index (χ1v) is 14.5. The molecule has 0 aromatic heterocycles. The van der Waals surface area contributed by atoms with Crippen molar-refractivity contribution in [2.45, 2.75) is 125 Å². The minimum Gasteiger partial charge on any atom is -0.393 e. The summed E-state index contributed by atoms with van der Waals surface area (Å²) in [6, 6.07) is 0. The summed E-state index contributed by atoms with van der Waals surface area (Å²) in [4.78, 5) is 0. The maximum Gasteiger partial charge on any atom is 0.0577 e. The molecule has 3 fully saturated rings. The van der Waals surface area contributed by atoms with Crippen LogP contribution in [0, 0.1) is 58.2 Å². The molecule has 0 aromatic rings. The van der Waals surface area contributed by atoms with E-state index in [1.807, 2.05) is 0 Å². The van der Waals surface area contributed by atoms with Gasteiger partial charge in [-0.3, -0.25) is 0 Å². The molecule has 32 heavy (non-hydrogen) atoms. The average molecular weight is 443 g/mol. The molecule has 4 aliphatic carbocycles. The quantitative estimate of drug-likeness (QED) is 0.391. The van der Waals surface area contributed by atoms with E-state index in [-0.39, 0.29) is 6.10 Å². The summed E-state index contributed by atoms with van der Waals surface area (Å²) in [5.41, 5.74) is 2.58. The fourth-order valence-electron chi connectivity index (χ4n) is 9.93. The minimum absolute atomic E-state index is 0.0811. The molecule has 1 nitrogen and oxygen atoms in total. The predicted molar refractivity (Wildman–Crippen MR) is 137 cm³/mol. The first-order valence-electron chi connectivity index (χ1n) is 14.5. The van der Waals surface area contributed by atoms with Crippen LogP contribution >= 0.6 is 0 Å². The van der Waals surface area contributed by atoms with Crippen LogP contribution in [0.1, 0.15) is 119 Å². The van der Waals surface area contributed by atoms with Crippen molar-refractivity contribution in [3.8, 4) is 0 Å². The van der Waals surface area contributed by atoms with Crippen LogP contribution in [-0.2, 0) is 0 Å². The Morgan fingerprint density at radius 2 is 1.62 bits per heavy atom. The number of hydrogen-bond acceptors (Lipinski definition) is 1. The fraction of sp³-hybridized carbons (Fsp3) is 0.935. The van der Waals surface area contributed by atoms with Gasteiger partial charge in [-0.1, -0.05) is 73.0 Å². The molecule has 0 saturated heterocycles. The van der Waals surface area contributed by atoms with Crippen molar-refractivity contribution in [3.63, 3.8) is 0 Å². The van der Waals surface area contributed by atoms with Gasteiger partial charge in [0.2, 0.25) is 0 Å². The molecule has 0 bridgehead atoms. The van der Waals surface area contributed by atoms with Gasteiger partial charge in [0.1, 0.15) is 0 Å². The standard InChI is InChI=1S/C31H54O/c1-20(2)25(21(3)4)10-8-9-22(5)27-13-14-28-26-12-11-23-19-24(32)15-17-30(23,6)29(26)16-18-31(27,28)7/h11,20-22,24-29,32H,8-10,12-19H2,1-7H3/t22-,24+,26+,27-,28?,29?,30+,31-/m1/s1. The van der Waals surface area contributed by atoms with Crippen LogP contribution in [0.3, 0.4) is 0 Å². The van der Waals surface area contributed by atoms with Crippen molar-refractivity contribution in [2.75, 3.05) is 0 Å². The summed E-state index contributed by atoms with van der Waals surface area (Å²) in [7, 11) is 0. The second-order valence-electron chi connectivity index (χ2n) is 13.9. The highest BCUT2D eigenvalue weighted by Gasteiger charge is 2.59. The molecule has 0 aromatic carbocycles. The first kappa shape index (κ1) is 24.8. The number of aliphatic hydroxyl groups is 1. The molecule has 4 aliphatic rings. The number of allylic oxidation sites excluding steroid dienone is 1. The van der Waals surface area contributed by atoms with Crippen LogP contribution in [0.25, 0.3) is 0 Å². The lowest BCUT2D eigenvalue weighted by Crippen LogP contribution is -2.50. The topological polar surface area (TPSA) is 20.2 Å². The zero-order valence-electron chi connectivity index (χ0n) is 22.5. The summed E-state index contributed by atoms with van der Waals surface area (Å²) < 4.78 is 0. The second-order valence-corrected chi connectivity index (χ2v) is 13.9. The van der Waals surface area contributed by atoms with E-state index in [0.717, 1.165) is 60.2 Å². The molecule has 0 aliphatic heterocycles. The second kappa shape index (κ2) is 9.39. The number of aliphatic hydroxyl groups excluding tert-OH is 1. The normalized spacial score (nSPS) is 42.6. The van der Waals surface area contributed by atoms with E-state index in [4.69, 9.17) is 0 Å². The highest BCUT2D eigenvalue weighted by molar-refractivity contribution is 5.25. The van der Waals surface area contributed by atoms with Crippen LogP contribution in [0.5, 0.6) is 0 Å². The van der Waals surface area contributed by atoms with E-state index in [2.05, 4.69) is 54.5 Å². The molecule has 0 heterocycles. The number of fused-ring (bicyclic) bond motifs is 5. The van der Waals surface area contributed by atoms with Crippen molar-refractivity contribution in [2.24, 2.45) is 58.2 Å². The third kappa shape index (κ3) is 4.27. The molecule has 0 spiro atoms. The Bertz CT molecular complexity index is 668. The van der Waals surface area contributed by atoms with Crippen LogP contribution in [-0.4, -0.2) is 11.2 Å². The summed E-state index contributed by atoms with van der Waals surface area (Å²) >= 11 is 0. The van der Waals surface area contributed by atoms with Gasteiger partial charge < -0.3 is 5.11 Å². The van der Waals surface area contributed by atoms with Gasteiger partial charge in [0.15, 0.2) is 0 Å². The molecule has 1 heteroatoms. The van der Waals surface area contributed by atoms with Gasteiger partial charge in [-0.05, 0) is 116 Å². The van der Waals surface area contributed by atoms with E-state index in [1.165, 1.54) is 57.8 Å². The highest BCUT2D eigenvalue weighted by Crippen LogP contribution is 2.67. The van der Waals surface area contributed by atoms with Gasteiger partial charge in [-0.15, -0.1) is 0 Å². The Morgan fingerprint density at radius 1 is 0.906 bits per heavy atom. The smallest absolute Gasteiger partial charge is 0.0577 e. The van der Waals surface area contributed by atoms with Gasteiger partial charge in [0, 0.05) is 0 Å². The summed E-state index contributed by atoms with van der Waals surface area (Å²) in [6.07, 6.45) is 17.2. The Labute approximate surface area is 200 Å². The SMILES string of the molecule is CC(C)C(CCC[C@@H](C)[C@H]1CCC2[C@@H]3CC=C4C[C@@H](O)CC[C@]4(C)C3CC[C@@]21C)C(C)C. The Hall–Kier alpha value is -0.300. The van der Waals surface area contributed by atoms with Gasteiger partial charge in [0.25, 0.3) is 0 Å². The summed E-state index contributed by atoms with van der Waals surface area (Å²) in [5, 5.41) is 10.3. The maximum absolute atomic E-state index is 10.3. The van der Waals surface area contributed by atoms with Crippen molar-refractivity contribution in [1.29, 1.82) is 0 Å². The molecular weight excluding hydrogens is 388 g/mol. The average Bonchev–Trinajstić information content (AvgIpc) is 3.08. The molecule has 184 valence electrons. The van der Waals surface area contributed by atoms with E-state index in [9.17, 15) is 5.11 Å². The van der Waals surface area contributed by atoms with Gasteiger partial charge >= 0.3 is 0 Å². The predicted octanol–water partition coefficient (Wildman–Crippen LogP) is 8.66. The van der Waals surface area contributed by atoms with Crippen LogP contribution in [0.2, 0.25) is 0 Å². The van der Waals surface area contributed by atoms with E-state index >= 15 is 0 Å². The van der Waals surface area contributed by atoms with Gasteiger partial charge in [0.05, 0.1) is 6.10 Å². The molecule has 4 rings (SSSR count). The van der Waals surface area contributed by atoms with Gasteiger partial charge in [-0.25, -0.2) is 0 Å². The molecule has 0 amide bonds. The zero-order chi connectivity index (χ0) is 23.3. The van der Waals surface area contributed by atoms with E-state index in [1.54, 1.807) is 5.57 Å². The van der Waals surface area contributed by atoms with Crippen LogP contribution in [0.15, 0.2) is 11.6 Å². The Morgan fingerprint density at radius 3 is 2.31 bits per heavy atom. The molecule has 0 radical (unpaired) electrons. The highest BCUT2D eigenvalue weighted by atomic mass is 16.3. The minimum atomic E-state index is -0.0811. The van der Waals surface area contributed by atoms with Crippen molar-refractivity contribution < 1.29 is 5.11 Å². The Kier molecular flexibility index (Phi) is 7.28. The zero-order valence-corrected chi connectivity index (χ0v) is 22.5. The fourth-order valence-corrected chi connectivity index (χ4v) is 9.93. The third-order valence-corrected chi connectivity index (χ3v) is 11.7. The van der Waals surface area contributed by atoms with E-state index < -0.39 is 0 Å². The van der Waals surface area contributed by atoms with E-state index in [0.29, 0.717) is 10.8 Å². The van der Waals surface area contributed by atoms with Crippen molar-refractivity contribution in [1.82, 2.24) is 0 Å². The van der Waals surface area contributed by atoms with Crippen LogP contribution in [0.4, 0.5) is 0 Å². The van der Waals surface area contributed by atoms with Gasteiger partial charge in [-0.2, -0.15) is 0 Å². The lowest BCUT2D eigenvalue weighted by Gasteiger charge is -2.58. The first-order chi connectivity index (χ1) is 15.1. The molecule has 2 unspecified atom stereocenters. The molecule has 1 N–H and O–H groups in total. The monoisotopic (exact) mass is 442 g/mol. The lowest BCUT2D eigenvalue weighted by atomic mass is 9.47.